The number of carboxylic acids is 1. The number of rotatable bonds is 6. The van der Waals surface area contributed by atoms with Gasteiger partial charge in [0.25, 0.3) is 0 Å². The van der Waals surface area contributed by atoms with E-state index in [9.17, 15) is 27.6 Å². The number of carbonyl (C=O) groups is 3. The first-order chi connectivity index (χ1) is 14.9. The van der Waals surface area contributed by atoms with Gasteiger partial charge in [-0.2, -0.15) is 13.2 Å². The van der Waals surface area contributed by atoms with Gasteiger partial charge in [-0.25, -0.2) is 9.59 Å². The lowest BCUT2D eigenvalue weighted by Crippen LogP contribution is -2.60. The third-order valence-corrected chi connectivity index (χ3v) is 5.18. The second kappa shape index (κ2) is 8.52. The normalized spacial score (nSPS) is 14.2. The number of ether oxygens (including phenoxy) is 1. The third kappa shape index (κ3) is 4.68. The number of carboxylic acid groups (broad SMARTS) is 1. The summed E-state index contributed by atoms with van der Waals surface area (Å²) in [7, 11) is 0. The fourth-order valence-electron chi connectivity index (χ4n) is 3.54. The van der Waals surface area contributed by atoms with Crippen molar-refractivity contribution in [2.24, 2.45) is 0 Å². The lowest BCUT2D eigenvalue weighted by Gasteiger charge is -2.27. The van der Waals surface area contributed by atoms with Gasteiger partial charge in [-0.3, -0.25) is 4.79 Å². The Kier molecular flexibility index (Phi) is 6.16. The highest BCUT2D eigenvalue weighted by molar-refractivity contribution is 5.92. The molecular weight excluding hydrogens is 429 g/mol. The van der Waals surface area contributed by atoms with Crippen molar-refractivity contribution in [1.29, 1.82) is 0 Å². The molecule has 0 saturated heterocycles. The number of fused-ring (bicyclic) bond motifs is 3. The van der Waals surface area contributed by atoms with Crippen LogP contribution in [0.15, 0.2) is 48.5 Å². The summed E-state index contributed by atoms with van der Waals surface area (Å²) in [5.74, 6) is -3.83. The Morgan fingerprint density at radius 1 is 1.00 bits per heavy atom. The molecule has 1 aliphatic rings. The van der Waals surface area contributed by atoms with E-state index < -0.39 is 35.7 Å². The molecule has 2 amide bonds. The summed E-state index contributed by atoms with van der Waals surface area (Å²) in [6.07, 6.45) is -6.22. The Hall–Kier alpha value is -3.56. The molecule has 3 rings (SSSR count). The Balaban J connectivity index is 1.66. The van der Waals surface area contributed by atoms with Crippen molar-refractivity contribution < 1.29 is 37.4 Å². The number of carbonyl (C=O) groups excluding carboxylic acids is 2. The number of alkyl carbamates (subject to hydrolysis) is 1. The first-order valence-corrected chi connectivity index (χ1v) is 9.65. The van der Waals surface area contributed by atoms with Crippen molar-refractivity contribution in [1.82, 2.24) is 10.6 Å². The molecule has 2 aromatic rings. The predicted molar refractivity (Wildman–Crippen MR) is 108 cm³/mol. The molecule has 170 valence electrons. The van der Waals surface area contributed by atoms with Crippen molar-refractivity contribution in [2.75, 3.05) is 6.61 Å². The summed E-state index contributed by atoms with van der Waals surface area (Å²) < 4.78 is 43.7. The van der Waals surface area contributed by atoms with Crippen LogP contribution in [0.1, 0.15) is 30.9 Å². The van der Waals surface area contributed by atoms with Crippen molar-refractivity contribution in [3.63, 3.8) is 0 Å². The Labute approximate surface area is 181 Å². The number of hydrogen-bond acceptors (Lipinski definition) is 4. The van der Waals surface area contributed by atoms with Crippen LogP contribution in [-0.2, 0) is 14.3 Å². The van der Waals surface area contributed by atoms with Gasteiger partial charge in [-0.1, -0.05) is 48.5 Å². The van der Waals surface area contributed by atoms with Crippen LogP contribution in [0, 0.1) is 0 Å². The van der Waals surface area contributed by atoms with Gasteiger partial charge in [0.2, 0.25) is 11.9 Å². The second-order valence-corrected chi connectivity index (χ2v) is 7.86. The monoisotopic (exact) mass is 450 g/mol. The second-order valence-electron chi connectivity index (χ2n) is 7.86. The molecule has 0 aromatic heterocycles. The smallest absolute Gasteiger partial charge is 0.419 e. The molecule has 0 aliphatic heterocycles. The number of alkyl halides is 3. The predicted octanol–water partition coefficient (Wildman–Crippen LogP) is 3.44. The maximum atomic E-state index is 12.8. The molecule has 0 radical (unpaired) electrons. The van der Waals surface area contributed by atoms with E-state index in [1.165, 1.54) is 5.32 Å². The molecule has 0 fully saturated rings. The number of nitrogens with one attached hydrogen (secondary N) is 2. The van der Waals surface area contributed by atoms with Crippen LogP contribution in [0.5, 0.6) is 0 Å². The molecule has 0 spiro atoms. The molecule has 1 unspecified atom stereocenters. The Morgan fingerprint density at radius 2 is 1.50 bits per heavy atom. The van der Waals surface area contributed by atoms with Crippen molar-refractivity contribution in [3.8, 4) is 11.1 Å². The van der Waals surface area contributed by atoms with Gasteiger partial charge >= 0.3 is 18.2 Å². The minimum absolute atomic E-state index is 0.0577. The lowest BCUT2D eigenvalue weighted by atomic mass is 9.98. The van der Waals surface area contributed by atoms with Gasteiger partial charge in [-0.05, 0) is 36.1 Å². The summed E-state index contributed by atoms with van der Waals surface area (Å²) in [6, 6.07) is 12.2. The van der Waals surface area contributed by atoms with Crippen LogP contribution in [0.2, 0.25) is 0 Å². The van der Waals surface area contributed by atoms with Crippen molar-refractivity contribution >= 4 is 18.0 Å². The zero-order chi connectivity index (χ0) is 23.7. The molecular formula is C22H21F3N2O5. The van der Waals surface area contributed by atoms with Crippen molar-refractivity contribution in [3.05, 3.63) is 59.7 Å². The van der Waals surface area contributed by atoms with Crippen molar-refractivity contribution in [2.45, 2.75) is 37.5 Å². The summed E-state index contributed by atoms with van der Waals surface area (Å²) >= 11 is 0. The van der Waals surface area contributed by atoms with Crippen LogP contribution in [0.25, 0.3) is 11.1 Å². The highest BCUT2D eigenvalue weighted by atomic mass is 19.4. The van der Waals surface area contributed by atoms with E-state index in [1.807, 2.05) is 48.5 Å². The molecule has 0 heterocycles. The van der Waals surface area contributed by atoms with Crippen LogP contribution in [0.3, 0.4) is 0 Å². The number of hydrogen-bond donors (Lipinski definition) is 3. The molecule has 10 heteroatoms. The molecule has 3 N–H and O–H groups in total. The third-order valence-electron chi connectivity index (χ3n) is 5.18. The summed E-state index contributed by atoms with van der Waals surface area (Å²) in [6.45, 7) is 2.22. The molecule has 2 aromatic carbocycles. The minimum atomic E-state index is -5.19. The fraction of sp³-hybridized carbons (Fsp3) is 0.318. The average Bonchev–Trinajstić information content (AvgIpc) is 3.02. The molecule has 1 atom stereocenters. The van der Waals surface area contributed by atoms with E-state index in [2.05, 4.69) is 5.32 Å². The Morgan fingerprint density at radius 3 is 1.97 bits per heavy atom. The van der Waals surface area contributed by atoms with Gasteiger partial charge in [0.15, 0.2) is 0 Å². The average molecular weight is 450 g/mol. The molecule has 7 nitrogen and oxygen atoms in total. The van der Waals surface area contributed by atoms with Gasteiger partial charge in [0.05, 0.1) is 0 Å². The van der Waals surface area contributed by atoms with Crippen LogP contribution in [-0.4, -0.2) is 47.4 Å². The van der Waals surface area contributed by atoms with E-state index in [1.54, 1.807) is 0 Å². The summed E-state index contributed by atoms with van der Waals surface area (Å²) in [5, 5.41) is 12.3. The van der Waals surface area contributed by atoms with Crippen LogP contribution < -0.4 is 10.6 Å². The highest BCUT2D eigenvalue weighted by Gasteiger charge is 2.48. The molecule has 32 heavy (non-hydrogen) atoms. The van der Waals surface area contributed by atoms with Gasteiger partial charge < -0.3 is 20.5 Å². The lowest BCUT2D eigenvalue weighted by molar-refractivity contribution is -0.182. The molecule has 0 saturated carbocycles. The van der Waals surface area contributed by atoms with E-state index in [-0.39, 0.29) is 12.5 Å². The standard InChI is InChI=1S/C22H21F3N2O5/c1-21(2,19(30)26-17(18(28)29)22(23,24)25)27-20(31)32-11-16-14-9-5-3-7-12(14)13-8-4-6-10-15(13)16/h3-10,16-17H,11H2,1-2H3,(H,26,30)(H,27,31)(H,28,29). The van der Waals surface area contributed by atoms with E-state index >= 15 is 0 Å². The Bertz CT molecular complexity index is 1010. The fourth-order valence-corrected chi connectivity index (χ4v) is 3.54. The minimum Gasteiger partial charge on any atom is -0.479 e. The zero-order valence-electron chi connectivity index (χ0n) is 17.2. The highest BCUT2D eigenvalue weighted by Crippen LogP contribution is 2.44. The zero-order valence-corrected chi connectivity index (χ0v) is 17.2. The van der Waals surface area contributed by atoms with Crippen LogP contribution in [0.4, 0.5) is 18.0 Å². The first-order valence-electron chi connectivity index (χ1n) is 9.65. The number of amides is 2. The van der Waals surface area contributed by atoms with E-state index in [0.29, 0.717) is 0 Å². The maximum Gasteiger partial charge on any atom is 0.419 e. The topological polar surface area (TPSA) is 105 Å². The largest absolute Gasteiger partial charge is 0.479 e. The van der Waals surface area contributed by atoms with E-state index in [0.717, 1.165) is 36.1 Å². The molecule has 1 aliphatic carbocycles. The quantitative estimate of drug-likeness (QED) is 0.626. The summed E-state index contributed by atoms with van der Waals surface area (Å²) in [5.41, 5.74) is 2.11. The number of aliphatic carboxylic acids is 1. The number of benzene rings is 2. The first kappa shape index (κ1) is 23.1. The van der Waals surface area contributed by atoms with E-state index in [4.69, 9.17) is 9.84 Å². The molecule has 0 bridgehead atoms. The summed E-state index contributed by atoms with van der Waals surface area (Å²) in [4.78, 5) is 35.3. The SMILES string of the molecule is CC(C)(NC(=O)OCC1c2ccccc2-c2ccccc21)C(=O)NC(C(=O)O)C(F)(F)F. The van der Waals surface area contributed by atoms with Gasteiger partial charge in [-0.15, -0.1) is 0 Å². The van der Waals surface area contributed by atoms with Gasteiger partial charge in [0, 0.05) is 5.92 Å². The van der Waals surface area contributed by atoms with Gasteiger partial charge in [0.1, 0.15) is 12.1 Å². The maximum absolute atomic E-state index is 12.8. The number of halogens is 3. The van der Waals surface area contributed by atoms with Crippen LogP contribution >= 0.6 is 0 Å².